The molecule has 1 N–H and O–H groups in total. The Labute approximate surface area is 105 Å². The fraction of sp³-hybridized carbons (Fsp3) is 0.231. The lowest BCUT2D eigenvalue weighted by Gasteiger charge is -2.12. The van der Waals surface area contributed by atoms with Gasteiger partial charge in [-0.05, 0) is 18.6 Å². The molecule has 18 heavy (non-hydrogen) atoms. The van der Waals surface area contributed by atoms with Crippen LogP contribution >= 0.6 is 0 Å². The minimum Gasteiger partial charge on any atom is -0.270 e. The average molecular weight is 245 g/mol. The molecule has 1 heterocycles. The molecule has 1 atom stereocenters. The van der Waals surface area contributed by atoms with E-state index in [1.807, 2.05) is 30.3 Å². The summed E-state index contributed by atoms with van der Waals surface area (Å²) in [4.78, 5) is 16.9. The molecule has 1 unspecified atom stereocenters. The van der Waals surface area contributed by atoms with Gasteiger partial charge in [-0.1, -0.05) is 30.3 Å². The highest BCUT2D eigenvalue weighted by Gasteiger charge is 2.14. The molecule has 0 bridgehead atoms. The topological polar surface area (TPSA) is 56.1 Å². The number of benzene rings is 1. The maximum atomic E-state index is 11.7. The smallest absolute Gasteiger partial charge is 0.268 e. The Morgan fingerprint density at radius 1 is 1.39 bits per heavy atom. The first-order chi connectivity index (χ1) is 8.77. The van der Waals surface area contributed by atoms with Crippen LogP contribution in [-0.2, 0) is 16.2 Å². The molecule has 0 aliphatic rings. The van der Waals surface area contributed by atoms with Crippen LogP contribution in [0.1, 0.15) is 18.5 Å². The van der Waals surface area contributed by atoms with Crippen LogP contribution in [0.5, 0.6) is 0 Å². The monoisotopic (exact) mass is 245 g/mol. The largest absolute Gasteiger partial charge is 0.270 e. The second-order valence-corrected chi connectivity index (χ2v) is 3.90. The van der Waals surface area contributed by atoms with Gasteiger partial charge >= 0.3 is 0 Å². The first-order valence-electron chi connectivity index (χ1n) is 5.72. The van der Waals surface area contributed by atoms with Crippen molar-refractivity contribution in [2.75, 3.05) is 0 Å². The lowest BCUT2D eigenvalue weighted by atomic mass is 10.2. The molecule has 0 aliphatic heterocycles. The zero-order chi connectivity index (χ0) is 12.8. The van der Waals surface area contributed by atoms with Crippen molar-refractivity contribution in [1.29, 1.82) is 0 Å². The molecule has 5 nitrogen and oxygen atoms in total. The Kier molecular flexibility index (Phi) is 4.09. The van der Waals surface area contributed by atoms with E-state index in [0.29, 0.717) is 6.61 Å². The van der Waals surface area contributed by atoms with E-state index >= 15 is 0 Å². The second kappa shape index (κ2) is 5.97. The molecule has 0 spiro atoms. The number of amides is 1. The second-order valence-electron chi connectivity index (χ2n) is 3.90. The normalized spacial score (nSPS) is 12.1. The van der Waals surface area contributed by atoms with Crippen molar-refractivity contribution in [3.63, 3.8) is 0 Å². The zero-order valence-corrected chi connectivity index (χ0v) is 10.1. The maximum Gasteiger partial charge on any atom is 0.268 e. The summed E-state index contributed by atoms with van der Waals surface area (Å²) in [5.74, 6) is -0.227. The standard InChI is InChI=1S/C13H15N3O2/c1-11(16-9-5-8-14-16)13(17)15-18-10-12-6-3-2-4-7-12/h2-9,11H,10H2,1H3,(H,15,17). The summed E-state index contributed by atoms with van der Waals surface area (Å²) in [6.45, 7) is 2.10. The molecule has 0 radical (unpaired) electrons. The summed E-state index contributed by atoms with van der Waals surface area (Å²) in [6.07, 6.45) is 3.37. The summed E-state index contributed by atoms with van der Waals surface area (Å²) in [5.41, 5.74) is 3.42. The third-order valence-electron chi connectivity index (χ3n) is 2.56. The molecule has 0 saturated carbocycles. The molecular weight excluding hydrogens is 230 g/mol. The molecule has 5 heteroatoms. The average Bonchev–Trinajstić information content (AvgIpc) is 2.93. The van der Waals surface area contributed by atoms with Gasteiger partial charge in [0.15, 0.2) is 0 Å². The van der Waals surface area contributed by atoms with Gasteiger partial charge in [-0.25, -0.2) is 5.48 Å². The van der Waals surface area contributed by atoms with Crippen LogP contribution in [0.3, 0.4) is 0 Å². The summed E-state index contributed by atoms with van der Waals surface area (Å²) in [6, 6.07) is 11.0. The van der Waals surface area contributed by atoms with Crippen LogP contribution in [0.4, 0.5) is 0 Å². The highest BCUT2D eigenvalue weighted by atomic mass is 16.6. The Hall–Kier alpha value is -2.14. The number of hydrogen-bond donors (Lipinski definition) is 1. The Morgan fingerprint density at radius 2 is 2.17 bits per heavy atom. The van der Waals surface area contributed by atoms with E-state index in [9.17, 15) is 4.79 Å². The molecular formula is C13H15N3O2. The minimum absolute atomic E-state index is 0.227. The van der Waals surface area contributed by atoms with Gasteiger partial charge < -0.3 is 0 Å². The Balaban J connectivity index is 1.79. The molecule has 94 valence electrons. The van der Waals surface area contributed by atoms with Gasteiger partial charge in [0.2, 0.25) is 0 Å². The molecule has 1 aromatic heterocycles. The minimum atomic E-state index is -0.393. The fourth-order valence-electron chi connectivity index (χ4n) is 1.48. The predicted molar refractivity (Wildman–Crippen MR) is 66.3 cm³/mol. The van der Waals surface area contributed by atoms with Crippen molar-refractivity contribution in [1.82, 2.24) is 15.3 Å². The lowest BCUT2D eigenvalue weighted by molar-refractivity contribution is -0.137. The van der Waals surface area contributed by atoms with Crippen molar-refractivity contribution < 1.29 is 9.63 Å². The quantitative estimate of drug-likeness (QED) is 0.815. The molecule has 0 aliphatic carbocycles. The van der Waals surface area contributed by atoms with Crippen LogP contribution in [0.15, 0.2) is 48.8 Å². The molecule has 1 aromatic carbocycles. The predicted octanol–water partition coefficient (Wildman–Crippen LogP) is 1.69. The summed E-state index contributed by atoms with van der Waals surface area (Å²) < 4.78 is 1.57. The maximum absolute atomic E-state index is 11.7. The first kappa shape index (κ1) is 12.3. The third kappa shape index (κ3) is 3.18. The van der Waals surface area contributed by atoms with Crippen LogP contribution in [0.2, 0.25) is 0 Å². The van der Waals surface area contributed by atoms with Crippen LogP contribution in [0.25, 0.3) is 0 Å². The Bertz CT molecular complexity index is 482. The van der Waals surface area contributed by atoms with Crippen LogP contribution < -0.4 is 5.48 Å². The van der Waals surface area contributed by atoms with E-state index in [2.05, 4.69) is 10.6 Å². The number of nitrogens with one attached hydrogen (secondary N) is 1. The molecule has 1 amide bonds. The summed E-state index contributed by atoms with van der Waals surface area (Å²) in [7, 11) is 0. The fourth-order valence-corrected chi connectivity index (χ4v) is 1.48. The number of rotatable bonds is 5. The highest BCUT2D eigenvalue weighted by Crippen LogP contribution is 2.04. The van der Waals surface area contributed by atoms with Crippen molar-refractivity contribution in [3.8, 4) is 0 Å². The van der Waals surface area contributed by atoms with Crippen molar-refractivity contribution in [3.05, 3.63) is 54.4 Å². The number of nitrogens with zero attached hydrogens (tertiary/aromatic N) is 2. The highest BCUT2D eigenvalue weighted by molar-refractivity contribution is 5.78. The number of aromatic nitrogens is 2. The third-order valence-corrected chi connectivity index (χ3v) is 2.56. The van der Waals surface area contributed by atoms with E-state index in [-0.39, 0.29) is 5.91 Å². The van der Waals surface area contributed by atoms with Crippen LogP contribution in [-0.4, -0.2) is 15.7 Å². The summed E-state index contributed by atoms with van der Waals surface area (Å²) in [5, 5.41) is 4.00. The number of hydrogen-bond acceptors (Lipinski definition) is 3. The van der Waals surface area contributed by atoms with E-state index < -0.39 is 6.04 Å². The van der Waals surface area contributed by atoms with Gasteiger partial charge in [0.1, 0.15) is 6.04 Å². The zero-order valence-electron chi connectivity index (χ0n) is 10.1. The van der Waals surface area contributed by atoms with Gasteiger partial charge in [0, 0.05) is 12.4 Å². The van der Waals surface area contributed by atoms with Crippen molar-refractivity contribution in [2.24, 2.45) is 0 Å². The lowest BCUT2D eigenvalue weighted by Crippen LogP contribution is -2.31. The summed E-state index contributed by atoms with van der Waals surface area (Å²) >= 11 is 0. The van der Waals surface area contributed by atoms with E-state index in [0.717, 1.165) is 5.56 Å². The van der Waals surface area contributed by atoms with Gasteiger partial charge in [0.05, 0.1) is 6.61 Å². The Morgan fingerprint density at radius 3 is 2.83 bits per heavy atom. The van der Waals surface area contributed by atoms with Crippen molar-refractivity contribution >= 4 is 5.91 Å². The van der Waals surface area contributed by atoms with Crippen LogP contribution in [0, 0.1) is 0 Å². The van der Waals surface area contributed by atoms with E-state index in [4.69, 9.17) is 4.84 Å². The molecule has 0 fully saturated rings. The van der Waals surface area contributed by atoms with Crippen molar-refractivity contribution in [2.45, 2.75) is 19.6 Å². The van der Waals surface area contributed by atoms with Gasteiger partial charge in [-0.3, -0.25) is 14.3 Å². The van der Waals surface area contributed by atoms with Gasteiger partial charge in [-0.15, -0.1) is 0 Å². The number of carbonyl (C=O) groups excluding carboxylic acids is 1. The number of carbonyl (C=O) groups is 1. The van der Waals surface area contributed by atoms with Gasteiger partial charge in [-0.2, -0.15) is 5.10 Å². The molecule has 2 aromatic rings. The number of hydroxylamine groups is 1. The van der Waals surface area contributed by atoms with E-state index in [1.54, 1.807) is 30.1 Å². The SMILES string of the molecule is CC(C(=O)NOCc1ccccc1)n1cccn1. The van der Waals surface area contributed by atoms with E-state index in [1.165, 1.54) is 0 Å². The van der Waals surface area contributed by atoms with Gasteiger partial charge in [0.25, 0.3) is 5.91 Å². The molecule has 2 rings (SSSR count). The first-order valence-corrected chi connectivity index (χ1v) is 5.72. The molecule has 0 saturated heterocycles.